The van der Waals surface area contributed by atoms with E-state index in [1.54, 1.807) is 62.5 Å². The summed E-state index contributed by atoms with van der Waals surface area (Å²) in [5.41, 5.74) is -3.75. The van der Waals surface area contributed by atoms with Gasteiger partial charge < -0.3 is 10.2 Å². The Morgan fingerprint density at radius 1 is 0.842 bits per heavy atom. The van der Waals surface area contributed by atoms with Gasteiger partial charge in [-0.25, -0.2) is 0 Å². The predicted octanol–water partition coefficient (Wildman–Crippen LogP) is 2.94. The average molecular weight is 301 g/mol. The van der Waals surface area contributed by atoms with E-state index in [-0.39, 0.29) is 0 Å². The quantitative estimate of drug-likeness (QED) is 0.770. The molecule has 0 aromatic rings. The van der Waals surface area contributed by atoms with Crippen molar-refractivity contribution in [2.75, 3.05) is 0 Å². The Hall–Kier alpha value is -0.540. The van der Waals surface area contributed by atoms with E-state index >= 15 is 0 Å². The molecule has 2 aliphatic carbocycles. The van der Waals surface area contributed by atoms with Crippen molar-refractivity contribution in [2.24, 2.45) is 5.41 Å². The zero-order valence-electron chi connectivity index (χ0n) is 10.9. The van der Waals surface area contributed by atoms with Crippen LogP contribution >= 0.6 is 23.2 Å². The van der Waals surface area contributed by atoms with Crippen molar-refractivity contribution in [3.8, 4) is 0 Å². The fourth-order valence-electron chi connectivity index (χ4n) is 2.63. The molecule has 2 rings (SSSR count). The standard InChI is InChI=1S/C15H18Cl2O2/c1-13(2,14(18)9-5-3-7-11(14)16)15(19)10-6-4-8-12(15)17/h3-12,18-19H,1-2H3. The summed E-state index contributed by atoms with van der Waals surface area (Å²) in [5, 5.41) is 20.7. The molecular weight excluding hydrogens is 283 g/mol. The highest BCUT2D eigenvalue weighted by Crippen LogP contribution is 2.50. The van der Waals surface area contributed by atoms with Gasteiger partial charge in [0.15, 0.2) is 0 Å². The normalized spacial score (nSPS) is 41.8. The topological polar surface area (TPSA) is 40.5 Å². The molecular formula is C15H18Cl2O2. The first kappa shape index (κ1) is 14.9. The number of halogens is 2. The monoisotopic (exact) mass is 300 g/mol. The molecule has 19 heavy (non-hydrogen) atoms. The lowest BCUT2D eigenvalue weighted by molar-refractivity contribution is -0.129. The third-order valence-corrected chi connectivity index (χ3v) is 5.28. The van der Waals surface area contributed by atoms with Gasteiger partial charge in [0.1, 0.15) is 11.2 Å². The molecule has 0 aliphatic heterocycles. The van der Waals surface area contributed by atoms with Crippen molar-refractivity contribution in [1.29, 1.82) is 0 Å². The van der Waals surface area contributed by atoms with Gasteiger partial charge in [0.2, 0.25) is 0 Å². The largest absolute Gasteiger partial charge is 0.383 e. The van der Waals surface area contributed by atoms with Gasteiger partial charge in [0.05, 0.1) is 10.8 Å². The molecule has 2 aliphatic rings. The number of hydrogen-bond donors (Lipinski definition) is 2. The van der Waals surface area contributed by atoms with Gasteiger partial charge in [0.25, 0.3) is 0 Å². The Morgan fingerprint density at radius 3 is 1.53 bits per heavy atom. The van der Waals surface area contributed by atoms with Crippen LogP contribution < -0.4 is 0 Å². The molecule has 4 heteroatoms. The number of allylic oxidation sites excluding steroid dienone is 4. The minimum absolute atomic E-state index is 0.625. The fraction of sp³-hybridized carbons (Fsp3) is 0.467. The Kier molecular flexibility index (Phi) is 3.74. The summed E-state index contributed by atoms with van der Waals surface area (Å²) in [4.78, 5) is 0. The van der Waals surface area contributed by atoms with Crippen LogP contribution in [-0.2, 0) is 0 Å². The van der Waals surface area contributed by atoms with Crippen LogP contribution in [0.15, 0.2) is 48.6 Å². The van der Waals surface area contributed by atoms with Crippen molar-refractivity contribution in [3.63, 3.8) is 0 Å². The maximum absolute atomic E-state index is 11.0. The van der Waals surface area contributed by atoms with Gasteiger partial charge >= 0.3 is 0 Å². The molecule has 0 bridgehead atoms. The second-order valence-corrected chi connectivity index (χ2v) is 6.51. The second kappa shape index (κ2) is 4.78. The second-order valence-electron chi connectivity index (χ2n) is 5.57. The van der Waals surface area contributed by atoms with Gasteiger partial charge in [-0.1, -0.05) is 62.5 Å². The summed E-state index contributed by atoms with van der Waals surface area (Å²) in [6.45, 7) is 3.54. The first-order chi connectivity index (χ1) is 8.76. The summed E-state index contributed by atoms with van der Waals surface area (Å²) >= 11 is 12.5. The van der Waals surface area contributed by atoms with Crippen LogP contribution in [0.25, 0.3) is 0 Å². The van der Waals surface area contributed by atoms with Gasteiger partial charge in [-0.15, -0.1) is 23.2 Å². The lowest BCUT2D eigenvalue weighted by atomic mass is 9.59. The highest BCUT2D eigenvalue weighted by Gasteiger charge is 2.59. The lowest BCUT2D eigenvalue weighted by Crippen LogP contribution is -2.64. The molecule has 0 aromatic heterocycles. The maximum atomic E-state index is 11.0. The molecule has 2 nitrogen and oxygen atoms in total. The molecule has 0 saturated heterocycles. The minimum atomic E-state index is -1.39. The van der Waals surface area contributed by atoms with E-state index in [1.807, 2.05) is 0 Å². The van der Waals surface area contributed by atoms with Gasteiger partial charge in [-0.2, -0.15) is 0 Å². The van der Waals surface area contributed by atoms with Crippen LogP contribution in [0.5, 0.6) is 0 Å². The van der Waals surface area contributed by atoms with Crippen LogP contribution in [0, 0.1) is 5.41 Å². The molecule has 0 saturated carbocycles. The molecule has 0 fully saturated rings. The molecule has 0 spiro atoms. The summed E-state index contributed by atoms with van der Waals surface area (Å²) in [6, 6.07) is 0. The average Bonchev–Trinajstić information content (AvgIpc) is 2.36. The van der Waals surface area contributed by atoms with E-state index in [9.17, 15) is 10.2 Å². The Morgan fingerprint density at radius 2 is 1.21 bits per heavy atom. The third-order valence-electron chi connectivity index (χ3n) is 4.33. The maximum Gasteiger partial charge on any atom is 0.111 e. The minimum Gasteiger partial charge on any atom is -0.383 e. The summed E-state index contributed by atoms with van der Waals surface area (Å²) in [6.07, 6.45) is 13.7. The number of aliphatic hydroxyl groups is 2. The van der Waals surface area contributed by atoms with Gasteiger partial charge in [-0.3, -0.25) is 0 Å². The molecule has 0 heterocycles. The van der Waals surface area contributed by atoms with Crippen molar-refractivity contribution in [3.05, 3.63) is 48.6 Å². The van der Waals surface area contributed by atoms with Gasteiger partial charge in [0, 0.05) is 5.41 Å². The van der Waals surface area contributed by atoms with Gasteiger partial charge in [-0.05, 0) is 0 Å². The summed E-state index contributed by atoms with van der Waals surface area (Å²) in [5.74, 6) is 0. The Labute approximate surface area is 123 Å². The van der Waals surface area contributed by atoms with E-state index in [0.29, 0.717) is 0 Å². The summed E-state index contributed by atoms with van der Waals surface area (Å²) in [7, 11) is 0. The van der Waals surface area contributed by atoms with E-state index in [1.165, 1.54) is 0 Å². The lowest BCUT2D eigenvalue weighted by Gasteiger charge is -2.53. The van der Waals surface area contributed by atoms with Crippen molar-refractivity contribution >= 4 is 23.2 Å². The molecule has 2 N–H and O–H groups in total. The summed E-state index contributed by atoms with van der Waals surface area (Å²) < 4.78 is 0. The van der Waals surface area contributed by atoms with Crippen molar-refractivity contribution in [1.82, 2.24) is 0 Å². The van der Waals surface area contributed by atoms with Crippen LogP contribution in [0.1, 0.15) is 13.8 Å². The third kappa shape index (κ3) is 2.02. The van der Waals surface area contributed by atoms with Crippen molar-refractivity contribution < 1.29 is 10.2 Å². The molecule has 0 amide bonds. The van der Waals surface area contributed by atoms with Crippen LogP contribution in [-0.4, -0.2) is 32.2 Å². The highest BCUT2D eigenvalue weighted by molar-refractivity contribution is 6.23. The smallest absolute Gasteiger partial charge is 0.111 e. The Bertz CT molecular complexity index is 437. The number of rotatable bonds is 2. The van der Waals surface area contributed by atoms with E-state index in [2.05, 4.69) is 0 Å². The number of hydrogen-bond acceptors (Lipinski definition) is 2. The molecule has 4 atom stereocenters. The van der Waals surface area contributed by atoms with Crippen LogP contribution in [0.4, 0.5) is 0 Å². The zero-order chi connectivity index (χ0) is 14.3. The molecule has 0 radical (unpaired) electrons. The van der Waals surface area contributed by atoms with E-state index in [4.69, 9.17) is 23.2 Å². The van der Waals surface area contributed by atoms with Crippen molar-refractivity contribution in [2.45, 2.75) is 35.8 Å². The first-order valence-corrected chi connectivity index (χ1v) is 7.08. The molecule has 104 valence electrons. The SMILES string of the molecule is CC(C)(C1(O)C=CC=CC1Cl)C1(O)C=CC=CC1Cl. The predicted molar refractivity (Wildman–Crippen MR) is 79.5 cm³/mol. The van der Waals surface area contributed by atoms with Crippen LogP contribution in [0.3, 0.4) is 0 Å². The Balaban J connectivity index is 2.47. The fourth-order valence-corrected chi connectivity index (χ4v) is 3.49. The molecule has 0 aromatic carbocycles. The molecule has 4 unspecified atom stereocenters. The number of alkyl halides is 2. The van der Waals surface area contributed by atoms with E-state index < -0.39 is 27.4 Å². The first-order valence-electron chi connectivity index (χ1n) is 6.21. The van der Waals surface area contributed by atoms with E-state index in [0.717, 1.165) is 0 Å². The van der Waals surface area contributed by atoms with Crippen LogP contribution in [0.2, 0.25) is 0 Å². The highest BCUT2D eigenvalue weighted by atomic mass is 35.5. The zero-order valence-corrected chi connectivity index (χ0v) is 12.4.